The fourth-order valence-corrected chi connectivity index (χ4v) is 2.18. The van der Waals surface area contributed by atoms with Crippen LogP contribution < -0.4 is 5.32 Å². The van der Waals surface area contributed by atoms with Gasteiger partial charge in [0.05, 0.1) is 0 Å². The Bertz CT molecular complexity index is 467. The number of nitrogens with zero attached hydrogens (tertiary/aromatic N) is 1. The van der Waals surface area contributed by atoms with Gasteiger partial charge < -0.3 is 15.0 Å². The summed E-state index contributed by atoms with van der Waals surface area (Å²) in [5.74, 6) is -0.149. The van der Waals surface area contributed by atoms with Crippen molar-refractivity contribution in [2.24, 2.45) is 5.92 Å². The van der Waals surface area contributed by atoms with Crippen LogP contribution >= 0.6 is 0 Å². The highest BCUT2D eigenvalue weighted by Gasteiger charge is 2.29. The maximum absolute atomic E-state index is 12.2. The van der Waals surface area contributed by atoms with E-state index in [9.17, 15) is 9.59 Å². The van der Waals surface area contributed by atoms with Crippen molar-refractivity contribution in [2.75, 3.05) is 13.1 Å². The van der Waals surface area contributed by atoms with Gasteiger partial charge in [0.25, 0.3) is 0 Å². The summed E-state index contributed by atoms with van der Waals surface area (Å²) < 4.78 is 5.34. The van der Waals surface area contributed by atoms with E-state index in [-0.39, 0.29) is 17.9 Å². The lowest BCUT2D eigenvalue weighted by molar-refractivity contribution is -0.125. The fraction of sp³-hybridized carbons (Fsp3) is 0.529. The van der Waals surface area contributed by atoms with Gasteiger partial charge >= 0.3 is 6.09 Å². The summed E-state index contributed by atoms with van der Waals surface area (Å²) in [5, 5.41) is 2.82. The molecule has 0 aromatic carbocycles. The molecule has 1 aliphatic rings. The molecular formula is C17H26N2O3. The zero-order chi connectivity index (χ0) is 16.8. The van der Waals surface area contributed by atoms with Crippen LogP contribution in [0.25, 0.3) is 0 Å². The molecule has 1 heterocycles. The number of carbonyl (C=O) groups is 2. The molecule has 0 saturated carbocycles. The highest BCUT2D eigenvalue weighted by Crippen LogP contribution is 2.20. The van der Waals surface area contributed by atoms with Crippen LogP contribution in [0.4, 0.5) is 4.79 Å². The van der Waals surface area contributed by atoms with Crippen molar-refractivity contribution in [1.29, 1.82) is 0 Å². The molecule has 1 saturated heterocycles. The third-order valence-electron chi connectivity index (χ3n) is 3.30. The summed E-state index contributed by atoms with van der Waals surface area (Å²) >= 11 is 0. The Morgan fingerprint density at radius 3 is 2.27 bits per heavy atom. The Hall–Kier alpha value is -2.04. The van der Waals surface area contributed by atoms with Gasteiger partial charge in [0.1, 0.15) is 5.60 Å². The molecule has 122 valence electrons. The number of ether oxygens (including phenoxy) is 1. The molecule has 0 aromatic heterocycles. The van der Waals surface area contributed by atoms with Crippen LogP contribution in [-0.2, 0) is 9.53 Å². The monoisotopic (exact) mass is 306 g/mol. The smallest absolute Gasteiger partial charge is 0.410 e. The zero-order valence-electron chi connectivity index (χ0n) is 13.7. The average Bonchev–Trinajstić information content (AvgIpc) is 2.45. The molecule has 1 aliphatic heterocycles. The predicted octanol–water partition coefficient (Wildman–Crippen LogP) is 3.01. The minimum Gasteiger partial charge on any atom is -0.444 e. The van der Waals surface area contributed by atoms with Gasteiger partial charge in [0.15, 0.2) is 0 Å². The van der Waals surface area contributed by atoms with Gasteiger partial charge in [-0.3, -0.25) is 4.79 Å². The lowest BCUT2D eigenvalue weighted by atomic mass is 9.96. The maximum Gasteiger partial charge on any atom is 0.410 e. The number of nitrogens with one attached hydrogen (secondary N) is 1. The van der Waals surface area contributed by atoms with Crippen molar-refractivity contribution in [3.05, 3.63) is 37.1 Å². The average molecular weight is 306 g/mol. The second-order valence-electron chi connectivity index (χ2n) is 6.29. The van der Waals surface area contributed by atoms with Gasteiger partial charge in [-0.2, -0.15) is 0 Å². The number of amides is 2. The molecule has 22 heavy (non-hydrogen) atoms. The molecule has 0 unspecified atom stereocenters. The first-order valence-corrected chi connectivity index (χ1v) is 7.50. The van der Waals surface area contributed by atoms with Crippen LogP contribution in [0.3, 0.4) is 0 Å². The van der Waals surface area contributed by atoms with Crippen molar-refractivity contribution in [1.82, 2.24) is 10.2 Å². The van der Waals surface area contributed by atoms with Gasteiger partial charge in [-0.1, -0.05) is 19.2 Å². The summed E-state index contributed by atoms with van der Waals surface area (Å²) in [5.41, 5.74) is 0.134. The standard InChI is InChI=1S/C17H26N2O3/c1-6-8-14(7-2)18-15(20)13-9-11-19(12-10-13)16(21)22-17(3,4)5/h6-8,13H,1-2,9-12H2,3-5H3,(H,18,20)/b14-8+. The van der Waals surface area contributed by atoms with Crippen LogP contribution in [0.15, 0.2) is 37.1 Å². The quantitative estimate of drug-likeness (QED) is 0.812. The molecule has 2 amide bonds. The molecule has 0 spiro atoms. The minimum atomic E-state index is -0.500. The lowest BCUT2D eigenvalue weighted by Gasteiger charge is -2.33. The van der Waals surface area contributed by atoms with E-state index in [1.807, 2.05) is 20.8 Å². The number of hydrogen-bond acceptors (Lipinski definition) is 3. The first-order valence-electron chi connectivity index (χ1n) is 7.50. The summed E-state index contributed by atoms with van der Waals surface area (Å²) in [6, 6.07) is 0. The number of hydrogen-bond donors (Lipinski definition) is 1. The Kier molecular flexibility index (Phi) is 6.40. The Morgan fingerprint density at radius 2 is 1.82 bits per heavy atom. The first-order chi connectivity index (χ1) is 10.3. The summed E-state index contributed by atoms with van der Waals surface area (Å²) in [7, 11) is 0. The molecule has 0 aromatic rings. The van der Waals surface area contributed by atoms with E-state index in [4.69, 9.17) is 4.74 Å². The third kappa shape index (κ3) is 5.76. The van der Waals surface area contributed by atoms with Crippen LogP contribution in [0.5, 0.6) is 0 Å². The van der Waals surface area contributed by atoms with Gasteiger partial charge in [-0.25, -0.2) is 4.79 Å². The SMILES string of the molecule is C=C/C=C(\C=C)NC(=O)C1CCN(C(=O)OC(C)(C)C)CC1. The predicted molar refractivity (Wildman–Crippen MR) is 87.2 cm³/mol. The van der Waals surface area contributed by atoms with E-state index in [1.54, 1.807) is 23.1 Å². The van der Waals surface area contributed by atoms with E-state index in [2.05, 4.69) is 18.5 Å². The first kappa shape index (κ1) is 18.0. The fourth-order valence-electron chi connectivity index (χ4n) is 2.18. The van der Waals surface area contributed by atoms with Crippen molar-refractivity contribution >= 4 is 12.0 Å². The van der Waals surface area contributed by atoms with E-state index < -0.39 is 5.60 Å². The van der Waals surface area contributed by atoms with Gasteiger partial charge in [0.2, 0.25) is 5.91 Å². The zero-order valence-corrected chi connectivity index (χ0v) is 13.7. The Balaban J connectivity index is 2.49. The van der Waals surface area contributed by atoms with Gasteiger partial charge in [-0.05, 0) is 45.8 Å². The highest BCUT2D eigenvalue weighted by molar-refractivity contribution is 5.81. The van der Waals surface area contributed by atoms with Crippen molar-refractivity contribution < 1.29 is 14.3 Å². The van der Waals surface area contributed by atoms with Crippen molar-refractivity contribution in [2.45, 2.75) is 39.2 Å². The number of rotatable bonds is 4. The van der Waals surface area contributed by atoms with E-state index >= 15 is 0 Å². The Labute approximate surface area is 132 Å². The molecule has 0 atom stereocenters. The van der Waals surface area contributed by atoms with Crippen molar-refractivity contribution in [3.8, 4) is 0 Å². The number of carbonyl (C=O) groups excluding carboxylic acids is 2. The summed E-state index contributed by atoms with van der Waals surface area (Å²) in [6.07, 6.45) is 5.82. The molecule has 1 rings (SSSR count). The summed E-state index contributed by atoms with van der Waals surface area (Å²) in [4.78, 5) is 25.8. The second-order valence-corrected chi connectivity index (χ2v) is 6.29. The number of allylic oxidation sites excluding steroid dienone is 3. The largest absolute Gasteiger partial charge is 0.444 e. The van der Waals surface area contributed by atoms with E-state index in [0.29, 0.717) is 31.6 Å². The van der Waals surface area contributed by atoms with Crippen LogP contribution in [0.1, 0.15) is 33.6 Å². The third-order valence-corrected chi connectivity index (χ3v) is 3.30. The molecule has 1 N–H and O–H groups in total. The Morgan fingerprint density at radius 1 is 1.23 bits per heavy atom. The van der Waals surface area contributed by atoms with E-state index in [1.165, 1.54) is 0 Å². The molecule has 0 aliphatic carbocycles. The summed E-state index contributed by atoms with van der Waals surface area (Å²) in [6.45, 7) is 13.8. The topological polar surface area (TPSA) is 58.6 Å². The minimum absolute atomic E-state index is 0.0446. The molecule has 5 heteroatoms. The highest BCUT2D eigenvalue weighted by atomic mass is 16.6. The van der Waals surface area contributed by atoms with Crippen LogP contribution in [-0.4, -0.2) is 35.6 Å². The number of likely N-dealkylation sites (tertiary alicyclic amines) is 1. The molecular weight excluding hydrogens is 280 g/mol. The van der Waals surface area contributed by atoms with E-state index in [0.717, 1.165) is 0 Å². The van der Waals surface area contributed by atoms with Gasteiger partial charge in [0, 0.05) is 24.7 Å². The normalized spacial score (nSPS) is 16.9. The maximum atomic E-state index is 12.2. The number of piperidine rings is 1. The molecule has 1 fully saturated rings. The molecule has 5 nitrogen and oxygen atoms in total. The van der Waals surface area contributed by atoms with Crippen LogP contribution in [0.2, 0.25) is 0 Å². The lowest BCUT2D eigenvalue weighted by Crippen LogP contribution is -2.44. The van der Waals surface area contributed by atoms with Gasteiger partial charge in [-0.15, -0.1) is 0 Å². The van der Waals surface area contributed by atoms with Crippen LogP contribution in [0, 0.1) is 5.92 Å². The molecule has 0 bridgehead atoms. The molecule has 0 radical (unpaired) electrons. The second kappa shape index (κ2) is 7.82. The van der Waals surface area contributed by atoms with Crippen molar-refractivity contribution in [3.63, 3.8) is 0 Å².